The number of carbonyl (C=O) groups excluding carboxylic acids is 1. The molecule has 1 saturated heterocycles. The van der Waals surface area contributed by atoms with Crippen molar-refractivity contribution in [2.75, 3.05) is 13.1 Å². The molecule has 0 aliphatic carbocycles. The normalized spacial score (nSPS) is 21.0. The van der Waals surface area contributed by atoms with E-state index in [9.17, 15) is 4.79 Å². The highest BCUT2D eigenvalue weighted by molar-refractivity contribution is 7.18. The van der Waals surface area contributed by atoms with E-state index in [1.807, 2.05) is 18.2 Å². The topological polar surface area (TPSA) is 54.0 Å². The molecule has 1 aromatic carbocycles. The molecule has 2 heterocycles. The first-order valence-corrected chi connectivity index (χ1v) is 8.87. The number of nitrogens with zero attached hydrogens (tertiary/aromatic N) is 1. The molecule has 2 atom stereocenters. The summed E-state index contributed by atoms with van der Waals surface area (Å²) < 4.78 is 1.14. The maximum Gasteiger partial charge on any atom is 0.223 e. The summed E-state index contributed by atoms with van der Waals surface area (Å²) in [6.45, 7) is 3.70. The second-order valence-electron chi connectivity index (χ2n) is 5.84. The van der Waals surface area contributed by atoms with Gasteiger partial charge in [-0.25, -0.2) is 4.98 Å². The largest absolute Gasteiger partial charge is 0.355 e. The van der Waals surface area contributed by atoms with Gasteiger partial charge in [0.2, 0.25) is 5.91 Å². The molecular formula is C16H21Cl2N3OS. The Balaban J connectivity index is 0.00000192. The van der Waals surface area contributed by atoms with Crippen molar-refractivity contribution < 1.29 is 4.79 Å². The number of amides is 1. The number of thiazole rings is 1. The van der Waals surface area contributed by atoms with E-state index in [2.05, 4.69) is 22.5 Å². The van der Waals surface area contributed by atoms with Crippen molar-refractivity contribution in [2.45, 2.75) is 32.2 Å². The van der Waals surface area contributed by atoms with Gasteiger partial charge in [-0.2, -0.15) is 0 Å². The molecule has 1 aromatic heterocycles. The monoisotopic (exact) mass is 373 g/mol. The molecule has 7 heteroatoms. The summed E-state index contributed by atoms with van der Waals surface area (Å²) in [5.41, 5.74) is 0.936. The highest BCUT2D eigenvalue weighted by Crippen LogP contribution is 2.25. The van der Waals surface area contributed by atoms with Crippen LogP contribution < -0.4 is 10.6 Å². The summed E-state index contributed by atoms with van der Waals surface area (Å²) in [4.78, 5) is 16.7. The number of rotatable bonds is 4. The Labute approximate surface area is 151 Å². The zero-order valence-corrected chi connectivity index (χ0v) is 15.4. The van der Waals surface area contributed by atoms with Crippen molar-refractivity contribution >= 4 is 51.5 Å². The highest BCUT2D eigenvalue weighted by Gasteiger charge is 2.24. The fourth-order valence-corrected chi connectivity index (χ4v) is 3.98. The number of halogens is 2. The maximum absolute atomic E-state index is 12.2. The average Bonchev–Trinajstić information content (AvgIpc) is 2.89. The molecule has 3 rings (SSSR count). The Hall–Kier alpha value is -0.880. The van der Waals surface area contributed by atoms with Gasteiger partial charge in [0.1, 0.15) is 0 Å². The van der Waals surface area contributed by atoms with Gasteiger partial charge in [-0.15, -0.1) is 23.7 Å². The van der Waals surface area contributed by atoms with Gasteiger partial charge >= 0.3 is 0 Å². The van der Waals surface area contributed by atoms with E-state index in [0.29, 0.717) is 17.6 Å². The first kappa shape index (κ1) is 18.5. The maximum atomic E-state index is 12.2. The number of hydrogen-bond acceptors (Lipinski definition) is 4. The van der Waals surface area contributed by atoms with Crippen LogP contribution in [0.3, 0.4) is 0 Å². The third kappa shape index (κ3) is 4.80. The molecule has 0 unspecified atom stereocenters. The van der Waals surface area contributed by atoms with E-state index in [-0.39, 0.29) is 24.2 Å². The molecule has 23 heavy (non-hydrogen) atoms. The lowest BCUT2D eigenvalue weighted by Gasteiger charge is -2.27. The van der Waals surface area contributed by atoms with E-state index in [4.69, 9.17) is 11.6 Å². The highest BCUT2D eigenvalue weighted by atomic mass is 35.5. The number of fused-ring (bicyclic) bond motifs is 1. The van der Waals surface area contributed by atoms with Gasteiger partial charge in [0, 0.05) is 29.9 Å². The Kier molecular flexibility index (Phi) is 6.65. The van der Waals surface area contributed by atoms with Crippen LogP contribution in [0.5, 0.6) is 0 Å². The molecule has 1 aliphatic heterocycles. The minimum atomic E-state index is 0. The lowest BCUT2D eigenvalue weighted by atomic mass is 9.92. The van der Waals surface area contributed by atoms with Crippen molar-refractivity contribution in [3.63, 3.8) is 0 Å². The van der Waals surface area contributed by atoms with E-state index in [1.54, 1.807) is 11.3 Å². The van der Waals surface area contributed by atoms with Crippen LogP contribution in [-0.4, -0.2) is 30.0 Å². The van der Waals surface area contributed by atoms with E-state index in [1.165, 1.54) is 0 Å². The van der Waals surface area contributed by atoms with Crippen LogP contribution >= 0.6 is 35.3 Å². The molecule has 0 saturated carbocycles. The predicted molar refractivity (Wildman–Crippen MR) is 98.8 cm³/mol. The van der Waals surface area contributed by atoms with Crippen molar-refractivity contribution in [3.8, 4) is 0 Å². The molecule has 2 N–H and O–H groups in total. The van der Waals surface area contributed by atoms with Gasteiger partial charge in [-0.1, -0.05) is 11.6 Å². The number of benzene rings is 1. The number of piperidine rings is 1. The molecule has 126 valence electrons. The summed E-state index contributed by atoms with van der Waals surface area (Å²) in [5.74, 6) is 0.322. The van der Waals surface area contributed by atoms with Crippen LogP contribution in [-0.2, 0) is 11.2 Å². The number of carbonyl (C=O) groups is 1. The van der Waals surface area contributed by atoms with Gasteiger partial charge in [0.15, 0.2) is 0 Å². The molecule has 2 aromatic rings. The van der Waals surface area contributed by atoms with Gasteiger partial charge < -0.3 is 10.6 Å². The predicted octanol–water partition coefficient (Wildman–Crippen LogP) is 3.42. The van der Waals surface area contributed by atoms with Crippen molar-refractivity contribution in [2.24, 2.45) is 5.92 Å². The third-order valence-corrected chi connectivity index (χ3v) is 5.36. The fourth-order valence-electron chi connectivity index (χ4n) is 2.86. The van der Waals surface area contributed by atoms with Crippen LogP contribution in [0.4, 0.5) is 0 Å². The molecule has 4 nitrogen and oxygen atoms in total. The average molecular weight is 374 g/mol. The molecular weight excluding hydrogens is 353 g/mol. The zero-order valence-electron chi connectivity index (χ0n) is 13.0. The number of nitrogens with one attached hydrogen (secondary N) is 2. The zero-order chi connectivity index (χ0) is 15.5. The third-order valence-electron chi connectivity index (χ3n) is 4.03. The standard InChI is InChI=1S/C16H20ClN3OS.ClH/c1-10-8-11(4-6-18-10)16(21)19-7-5-15-20-13-9-12(17)2-3-14(13)22-15;/h2-3,9-11,18H,4-8H2,1H3,(H,19,21);1H/t10-,11-;/m0./s1. The Morgan fingerprint density at radius 1 is 1.52 bits per heavy atom. The van der Waals surface area contributed by atoms with Gasteiger partial charge in [0.05, 0.1) is 15.2 Å². The Morgan fingerprint density at radius 3 is 3.13 bits per heavy atom. The quantitative estimate of drug-likeness (QED) is 0.862. The number of aromatic nitrogens is 1. The van der Waals surface area contributed by atoms with Crippen molar-refractivity contribution in [3.05, 3.63) is 28.2 Å². The SMILES string of the molecule is C[C@H]1C[C@@H](C(=O)NCCc2nc3cc(Cl)ccc3s2)CCN1.Cl. The fraction of sp³-hybridized carbons (Fsp3) is 0.500. The second-order valence-corrected chi connectivity index (χ2v) is 7.39. The first-order chi connectivity index (χ1) is 10.6. The lowest BCUT2D eigenvalue weighted by molar-refractivity contribution is -0.126. The van der Waals surface area contributed by atoms with Crippen LogP contribution in [0.25, 0.3) is 10.2 Å². The molecule has 0 spiro atoms. The van der Waals surface area contributed by atoms with Gasteiger partial charge in [0.25, 0.3) is 0 Å². The van der Waals surface area contributed by atoms with Gasteiger partial charge in [-0.3, -0.25) is 4.79 Å². The number of hydrogen-bond donors (Lipinski definition) is 2. The first-order valence-electron chi connectivity index (χ1n) is 7.68. The van der Waals surface area contributed by atoms with Crippen LogP contribution in [0.1, 0.15) is 24.8 Å². The van der Waals surface area contributed by atoms with E-state index in [0.717, 1.165) is 41.0 Å². The molecule has 1 amide bonds. The van der Waals surface area contributed by atoms with Crippen LogP contribution in [0.15, 0.2) is 18.2 Å². The van der Waals surface area contributed by atoms with Crippen LogP contribution in [0.2, 0.25) is 5.02 Å². The summed E-state index contributed by atoms with van der Waals surface area (Å²) in [5, 5.41) is 8.16. The summed E-state index contributed by atoms with van der Waals surface area (Å²) >= 11 is 7.64. The second kappa shape index (κ2) is 8.29. The van der Waals surface area contributed by atoms with Gasteiger partial charge in [-0.05, 0) is 44.5 Å². The molecule has 1 aliphatic rings. The van der Waals surface area contributed by atoms with Crippen molar-refractivity contribution in [1.82, 2.24) is 15.6 Å². The smallest absolute Gasteiger partial charge is 0.223 e. The van der Waals surface area contributed by atoms with E-state index >= 15 is 0 Å². The minimum Gasteiger partial charge on any atom is -0.355 e. The molecule has 1 fully saturated rings. The summed E-state index contributed by atoms with van der Waals surface area (Å²) in [6, 6.07) is 6.18. The molecule has 0 radical (unpaired) electrons. The summed E-state index contributed by atoms with van der Waals surface area (Å²) in [6.07, 6.45) is 2.62. The van der Waals surface area contributed by atoms with Crippen molar-refractivity contribution in [1.29, 1.82) is 0 Å². The minimum absolute atomic E-state index is 0. The lowest BCUT2D eigenvalue weighted by Crippen LogP contribution is -2.42. The van der Waals surface area contributed by atoms with Crippen LogP contribution in [0, 0.1) is 5.92 Å². The Morgan fingerprint density at radius 2 is 2.35 bits per heavy atom. The molecule has 0 bridgehead atoms. The summed E-state index contributed by atoms with van der Waals surface area (Å²) in [7, 11) is 0. The van der Waals surface area contributed by atoms with E-state index < -0.39 is 0 Å². The Bertz CT molecular complexity index is 676.